The summed E-state index contributed by atoms with van der Waals surface area (Å²) in [6, 6.07) is 64.3. The lowest BCUT2D eigenvalue weighted by molar-refractivity contribution is -0.328. The molecule has 0 aliphatic heterocycles. The van der Waals surface area contributed by atoms with Gasteiger partial charge in [0.1, 0.15) is 7.91 Å². The summed E-state index contributed by atoms with van der Waals surface area (Å²) in [4.78, 5) is 25.0. The molecule has 6 aromatic carbocycles. The van der Waals surface area contributed by atoms with Crippen LogP contribution in [0.25, 0.3) is 0 Å². The van der Waals surface area contributed by atoms with Gasteiger partial charge in [-0.15, -0.1) is 0 Å². The van der Waals surface area contributed by atoms with Gasteiger partial charge >= 0.3 is 0 Å². The van der Waals surface area contributed by atoms with Crippen LogP contribution in [0.4, 0.5) is 4.20 Å². The molecule has 7 heteroatoms. The Morgan fingerprint density at radius 2 is 0.465 bits per heavy atom. The van der Waals surface area contributed by atoms with Crippen molar-refractivity contribution in [3.8, 4) is 0 Å². The molecule has 0 bridgehead atoms. The molecule has 0 amide bonds. The lowest BCUT2D eigenvalue weighted by atomic mass is 10.4. The molecule has 3 nitrogen and oxygen atoms in total. The minimum absolute atomic E-state index is 0.0146. The van der Waals surface area contributed by atoms with E-state index in [0.29, 0.717) is 0 Å². The van der Waals surface area contributed by atoms with E-state index in [2.05, 4.69) is 182 Å². The molecule has 0 fully saturated rings. The van der Waals surface area contributed by atoms with E-state index in [1.165, 1.54) is 29.4 Å². The van der Waals surface area contributed by atoms with Gasteiger partial charge in [-0.05, 0) is 72.8 Å². The third-order valence-electron chi connectivity index (χ3n) is 5.87. The molecule has 6 aromatic rings. The van der Waals surface area contributed by atoms with Gasteiger partial charge in [0.15, 0.2) is 29.4 Å². The summed E-state index contributed by atoms with van der Waals surface area (Å²) in [5.74, 6) is 0. The van der Waals surface area contributed by atoms with Crippen LogP contribution in [0.15, 0.2) is 211 Å². The topological polar surface area (TPSA) is 63.2 Å². The van der Waals surface area contributed by atoms with E-state index < -0.39 is 7.91 Å². The van der Waals surface area contributed by atoms with Gasteiger partial charge in [-0.3, -0.25) is 0 Å². The molecule has 0 aliphatic carbocycles. The zero-order valence-electron chi connectivity index (χ0n) is 23.2. The molecule has 216 valence electrons. The van der Waals surface area contributed by atoms with Crippen LogP contribution in [0.1, 0.15) is 0 Å². The minimum Gasteiger partial charge on any atom is -0.786 e. The van der Waals surface area contributed by atoms with Crippen molar-refractivity contribution in [1.29, 1.82) is 0 Å². The van der Waals surface area contributed by atoms with Crippen molar-refractivity contribution in [3.63, 3.8) is 0 Å². The van der Waals surface area contributed by atoms with Crippen LogP contribution in [0.5, 0.6) is 0 Å². The lowest BCUT2D eigenvalue weighted by Crippen LogP contribution is -2.07. The normalized spacial score (nSPS) is 10.7. The van der Waals surface area contributed by atoms with Crippen molar-refractivity contribution in [2.75, 3.05) is 0 Å². The molecule has 0 spiro atoms. The van der Waals surface area contributed by atoms with E-state index in [4.69, 9.17) is 14.4 Å². The number of halogens is 1. The first kappa shape index (κ1) is 32.0. The second-order valence-electron chi connectivity index (χ2n) is 8.92. The van der Waals surface area contributed by atoms with Crippen LogP contribution in [-0.4, -0.2) is 0 Å². The van der Waals surface area contributed by atoms with E-state index in [1.54, 1.807) is 0 Å². The van der Waals surface area contributed by atoms with Crippen LogP contribution >= 0.6 is 7.91 Å². The fraction of sp³-hybridized carbons (Fsp3) is 0. The molecular formula is C36H30FO3PS2. The summed E-state index contributed by atoms with van der Waals surface area (Å²) in [6.07, 6.45) is 0. The summed E-state index contributed by atoms with van der Waals surface area (Å²) in [5, 5.41) is 0. The Morgan fingerprint density at radius 3 is 0.581 bits per heavy atom. The predicted molar refractivity (Wildman–Crippen MR) is 172 cm³/mol. The van der Waals surface area contributed by atoms with Gasteiger partial charge in [-0.25, -0.2) is 4.20 Å². The third kappa shape index (κ3) is 10.7. The standard InChI is InChI=1S/2C18H15S.FH2O3P/c2*1-4-10-16(11-5-1)19(17-12-6-2-7-13-17)18-14-8-3-9-15-18;1-5(2,3)4/h2*1-15H;(H2,2,3,4)/q2*+1;/p-2. The molecule has 0 heterocycles. The van der Waals surface area contributed by atoms with Crippen molar-refractivity contribution in [2.24, 2.45) is 0 Å². The van der Waals surface area contributed by atoms with Gasteiger partial charge < -0.3 is 14.4 Å². The minimum atomic E-state index is -5.64. The Balaban J connectivity index is 0.000000171. The second-order valence-corrected chi connectivity index (χ2v) is 13.8. The summed E-state index contributed by atoms with van der Waals surface area (Å²) in [5.41, 5.74) is 0. The third-order valence-corrected chi connectivity index (χ3v) is 10.3. The summed E-state index contributed by atoms with van der Waals surface area (Å²) < 4.78 is 18.6. The van der Waals surface area contributed by atoms with E-state index in [9.17, 15) is 4.20 Å². The van der Waals surface area contributed by atoms with Gasteiger partial charge in [0, 0.05) is 0 Å². The Bertz CT molecular complexity index is 1340. The smallest absolute Gasteiger partial charge is 0.166 e. The Morgan fingerprint density at radius 1 is 0.349 bits per heavy atom. The van der Waals surface area contributed by atoms with Gasteiger partial charge in [0.05, 0.1) is 21.8 Å². The highest BCUT2D eigenvalue weighted by Gasteiger charge is 2.28. The molecule has 0 atom stereocenters. The van der Waals surface area contributed by atoms with Gasteiger partial charge in [0.2, 0.25) is 0 Å². The predicted octanol–water partition coefficient (Wildman–Crippen LogP) is 8.35. The molecule has 0 aromatic heterocycles. The van der Waals surface area contributed by atoms with Crippen LogP contribution in [0.2, 0.25) is 0 Å². The quantitative estimate of drug-likeness (QED) is 0.138. The first-order valence-corrected chi connectivity index (χ1v) is 17.3. The van der Waals surface area contributed by atoms with Crippen molar-refractivity contribution < 1.29 is 18.5 Å². The first-order valence-electron chi connectivity index (χ1n) is 13.4. The maximum atomic E-state index is 10.1. The van der Waals surface area contributed by atoms with Crippen LogP contribution < -0.4 is 9.79 Å². The fourth-order valence-corrected chi connectivity index (χ4v) is 8.36. The van der Waals surface area contributed by atoms with E-state index in [0.717, 1.165) is 0 Å². The van der Waals surface area contributed by atoms with Crippen molar-refractivity contribution in [1.82, 2.24) is 0 Å². The maximum Gasteiger partial charge on any atom is 0.166 e. The van der Waals surface area contributed by atoms with Crippen LogP contribution in [0, 0.1) is 0 Å². The number of hydrogen-bond acceptors (Lipinski definition) is 3. The maximum absolute atomic E-state index is 10.1. The Kier molecular flexibility index (Phi) is 12.4. The zero-order chi connectivity index (χ0) is 30.3. The average molecular weight is 625 g/mol. The number of rotatable bonds is 6. The van der Waals surface area contributed by atoms with E-state index in [-0.39, 0.29) is 21.8 Å². The largest absolute Gasteiger partial charge is 0.786 e. The van der Waals surface area contributed by atoms with Gasteiger partial charge in [0.25, 0.3) is 0 Å². The van der Waals surface area contributed by atoms with Crippen molar-refractivity contribution >= 4 is 29.7 Å². The highest BCUT2D eigenvalue weighted by atomic mass is 32.2. The number of benzene rings is 6. The molecule has 0 unspecified atom stereocenters. The average Bonchev–Trinajstić information content (AvgIpc) is 3.04. The second kappa shape index (κ2) is 16.7. The molecule has 0 saturated heterocycles. The molecular weight excluding hydrogens is 594 g/mol. The van der Waals surface area contributed by atoms with Crippen molar-refractivity contribution in [3.05, 3.63) is 182 Å². The van der Waals surface area contributed by atoms with E-state index >= 15 is 0 Å². The Labute approximate surface area is 258 Å². The summed E-state index contributed by atoms with van der Waals surface area (Å²) in [7, 11) is -5.67. The SMILES string of the molecule is O=P([O-])([O-])F.c1ccc([S+](c2ccccc2)c2ccccc2)cc1.c1ccc([S+](c2ccccc2)c2ccccc2)cc1. The van der Waals surface area contributed by atoms with Crippen molar-refractivity contribution in [2.45, 2.75) is 29.4 Å². The highest BCUT2D eigenvalue weighted by Crippen LogP contribution is 2.31. The molecule has 0 saturated carbocycles. The van der Waals surface area contributed by atoms with Crippen LogP contribution in [0.3, 0.4) is 0 Å². The van der Waals surface area contributed by atoms with E-state index in [1.807, 2.05) is 0 Å². The summed E-state index contributed by atoms with van der Waals surface area (Å²) >= 11 is 0. The summed E-state index contributed by atoms with van der Waals surface area (Å²) in [6.45, 7) is 0. The lowest BCUT2D eigenvalue weighted by Gasteiger charge is -2.15. The van der Waals surface area contributed by atoms with Gasteiger partial charge in [-0.2, -0.15) is 0 Å². The van der Waals surface area contributed by atoms with Gasteiger partial charge in [-0.1, -0.05) is 109 Å². The van der Waals surface area contributed by atoms with Crippen LogP contribution in [-0.2, 0) is 26.4 Å². The number of hydrogen-bond donors (Lipinski definition) is 0. The first-order chi connectivity index (χ1) is 20.9. The molecule has 6 rings (SSSR count). The monoisotopic (exact) mass is 624 g/mol. The Hall–Kier alpha value is -3.90. The molecule has 0 radical (unpaired) electrons. The molecule has 43 heavy (non-hydrogen) atoms. The highest BCUT2D eigenvalue weighted by molar-refractivity contribution is 7.97. The molecule has 0 aliphatic rings. The zero-order valence-corrected chi connectivity index (χ0v) is 25.7. The fourth-order valence-electron chi connectivity index (χ4n) is 4.16. The molecule has 0 N–H and O–H groups in total.